The van der Waals surface area contributed by atoms with Crippen LogP contribution in [0.4, 0.5) is 4.39 Å². The molecule has 84 valence electrons. The van der Waals surface area contributed by atoms with Crippen LogP contribution in [0, 0.1) is 12.7 Å². The quantitative estimate of drug-likeness (QED) is 0.697. The first-order valence-corrected chi connectivity index (χ1v) is 5.88. The lowest BCUT2D eigenvalue weighted by atomic mass is 9.94. The highest BCUT2D eigenvalue weighted by Gasteiger charge is 2.09. The molecule has 2 aromatic carbocycles. The van der Waals surface area contributed by atoms with Gasteiger partial charge in [0.05, 0.1) is 0 Å². The van der Waals surface area contributed by atoms with Crippen molar-refractivity contribution in [3.8, 4) is 0 Å². The van der Waals surface area contributed by atoms with Crippen LogP contribution in [0.15, 0.2) is 24.3 Å². The molecule has 2 aromatic rings. The predicted octanol–water partition coefficient (Wildman–Crippen LogP) is 4.41. The molecule has 2 rings (SSSR count). The van der Waals surface area contributed by atoms with Crippen molar-refractivity contribution >= 4 is 10.8 Å². The predicted molar refractivity (Wildman–Crippen MR) is 67.4 cm³/mol. The molecule has 0 N–H and O–H groups in total. The van der Waals surface area contributed by atoms with Gasteiger partial charge < -0.3 is 0 Å². The van der Waals surface area contributed by atoms with Crippen LogP contribution >= 0.6 is 0 Å². The Morgan fingerprint density at radius 3 is 2.44 bits per heavy atom. The van der Waals surface area contributed by atoms with E-state index in [-0.39, 0.29) is 5.82 Å². The Balaban J connectivity index is 2.89. The number of rotatable bonds is 2. The van der Waals surface area contributed by atoms with E-state index in [1.807, 2.05) is 13.0 Å². The fourth-order valence-electron chi connectivity index (χ4n) is 2.40. The Labute approximate surface area is 96.1 Å². The van der Waals surface area contributed by atoms with Crippen LogP contribution in [-0.2, 0) is 12.8 Å². The standard InChI is InChI=1S/C15H17F/c1-4-11-8-10(3)9-12-6-7-14(16)13(5-2)15(11)12/h6-9H,4-5H2,1-3H3. The van der Waals surface area contributed by atoms with E-state index in [2.05, 4.69) is 26.0 Å². The second-order valence-corrected chi connectivity index (χ2v) is 4.26. The SMILES string of the molecule is CCc1cc(C)cc2ccc(F)c(CC)c12. The van der Waals surface area contributed by atoms with Crippen LogP contribution in [0.1, 0.15) is 30.5 Å². The summed E-state index contributed by atoms with van der Waals surface area (Å²) in [6, 6.07) is 7.77. The zero-order valence-electron chi connectivity index (χ0n) is 10.1. The lowest BCUT2D eigenvalue weighted by Crippen LogP contribution is -1.95. The van der Waals surface area contributed by atoms with Crippen LogP contribution < -0.4 is 0 Å². The second kappa shape index (κ2) is 4.25. The van der Waals surface area contributed by atoms with Gasteiger partial charge in [0.25, 0.3) is 0 Å². The van der Waals surface area contributed by atoms with Crippen LogP contribution in [0.3, 0.4) is 0 Å². The molecule has 0 saturated carbocycles. The molecule has 0 aliphatic rings. The molecule has 16 heavy (non-hydrogen) atoms. The molecule has 0 amide bonds. The van der Waals surface area contributed by atoms with E-state index in [0.717, 1.165) is 29.2 Å². The average molecular weight is 216 g/mol. The molecule has 0 aliphatic carbocycles. The Hall–Kier alpha value is -1.37. The summed E-state index contributed by atoms with van der Waals surface area (Å²) in [4.78, 5) is 0. The van der Waals surface area contributed by atoms with E-state index < -0.39 is 0 Å². The topological polar surface area (TPSA) is 0 Å². The first-order chi connectivity index (χ1) is 7.67. The van der Waals surface area contributed by atoms with E-state index in [1.165, 1.54) is 11.1 Å². The fourth-order valence-corrected chi connectivity index (χ4v) is 2.40. The largest absolute Gasteiger partial charge is 0.207 e. The number of hydrogen-bond donors (Lipinski definition) is 0. The maximum atomic E-state index is 13.7. The highest BCUT2D eigenvalue weighted by Crippen LogP contribution is 2.27. The van der Waals surface area contributed by atoms with Crippen molar-refractivity contribution in [2.24, 2.45) is 0 Å². The van der Waals surface area contributed by atoms with Gasteiger partial charge in [0, 0.05) is 0 Å². The van der Waals surface area contributed by atoms with Gasteiger partial charge in [-0.25, -0.2) is 4.39 Å². The third-order valence-corrected chi connectivity index (χ3v) is 3.13. The second-order valence-electron chi connectivity index (χ2n) is 4.26. The summed E-state index contributed by atoms with van der Waals surface area (Å²) in [5.74, 6) is -0.0754. The van der Waals surface area contributed by atoms with Gasteiger partial charge in [0.15, 0.2) is 0 Å². The zero-order valence-corrected chi connectivity index (χ0v) is 10.1. The minimum atomic E-state index is -0.0754. The van der Waals surface area contributed by atoms with Gasteiger partial charge in [-0.2, -0.15) is 0 Å². The van der Waals surface area contributed by atoms with Crippen molar-refractivity contribution in [2.75, 3.05) is 0 Å². The van der Waals surface area contributed by atoms with Crippen LogP contribution in [-0.4, -0.2) is 0 Å². The number of benzene rings is 2. The first-order valence-electron chi connectivity index (χ1n) is 5.88. The molecule has 0 fully saturated rings. The summed E-state index contributed by atoms with van der Waals surface area (Å²) in [5, 5.41) is 2.28. The third-order valence-electron chi connectivity index (χ3n) is 3.13. The maximum Gasteiger partial charge on any atom is 0.127 e. The first kappa shape index (κ1) is 11.1. The molecular formula is C15H17F. The molecule has 0 heterocycles. The lowest BCUT2D eigenvalue weighted by molar-refractivity contribution is 0.615. The Bertz CT molecular complexity index is 526. The number of fused-ring (bicyclic) bond motifs is 1. The molecule has 0 bridgehead atoms. The van der Waals surface area contributed by atoms with Crippen LogP contribution in [0.5, 0.6) is 0 Å². The minimum Gasteiger partial charge on any atom is -0.207 e. The minimum absolute atomic E-state index is 0.0754. The lowest BCUT2D eigenvalue weighted by Gasteiger charge is -2.11. The monoisotopic (exact) mass is 216 g/mol. The summed E-state index contributed by atoms with van der Waals surface area (Å²) in [7, 11) is 0. The average Bonchev–Trinajstić information content (AvgIpc) is 2.28. The normalized spacial score (nSPS) is 11.0. The molecule has 0 radical (unpaired) electrons. The molecule has 1 heteroatoms. The number of hydrogen-bond acceptors (Lipinski definition) is 0. The van der Waals surface area contributed by atoms with Crippen molar-refractivity contribution in [3.63, 3.8) is 0 Å². The Morgan fingerprint density at radius 2 is 1.81 bits per heavy atom. The maximum absolute atomic E-state index is 13.7. The van der Waals surface area contributed by atoms with Crippen molar-refractivity contribution in [1.29, 1.82) is 0 Å². The van der Waals surface area contributed by atoms with Gasteiger partial charge in [-0.05, 0) is 47.7 Å². The van der Waals surface area contributed by atoms with E-state index in [0.29, 0.717) is 0 Å². The highest BCUT2D eigenvalue weighted by atomic mass is 19.1. The number of halogens is 1. The fraction of sp³-hybridized carbons (Fsp3) is 0.333. The molecule has 0 atom stereocenters. The van der Waals surface area contributed by atoms with Crippen LogP contribution in [0.2, 0.25) is 0 Å². The highest BCUT2D eigenvalue weighted by molar-refractivity contribution is 5.89. The summed E-state index contributed by atoms with van der Waals surface area (Å²) < 4.78 is 13.7. The zero-order chi connectivity index (χ0) is 11.7. The number of aryl methyl sites for hydroxylation is 3. The molecule has 0 unspecified atom stereocenters. The van der Waals surface area contributed by atoms with Crippen LogP contribution in [0.25, 0.3) is 10.8 Å². The van der Waals surface area contributed by atoms with Gasteiger partial charge in [0.1, 0.15) is 5.82 Å². The van der Waals surface area contributed by atoms with E-state index in [1.54, 1.807) is 6.07 Å². The molecule has 0 spiro atoms. The third kappa shape index (κ3) is 1.71. The summed E-state index contributed by atoms with van der Waals surface area (Å²) >= 11 is 0. The Morgan fingerprint density at radius 1 is 1.06 bits per heavy atom. The van der Waals surface area contributed by atoms with E-state index >= 15 is 0 Å². The molecule has 0 saturated heterocycles. The molecule has 0 nitrogen and oxygen atoms in total. The van der Waals surface area contributed by atoms with Crippen molar-refractivity contribution in [3.05, 3.63) is 46.8 Å². The smallest absolute Gasteiger partial charge is 0.127 e. The summed E-state index contributed by atoms with van der Waals surface area (Å²) in [6.07, 6.45) is 1.70. The van der Waals surface area contributed by atoms with Gasteiger partial charge in [-0.15, -0.1) is 0 Å². The van der Waals surface area contributed by atoms with Gasteiger partial charge in [-0.1, -0.05) is 37.6 Å². The molecule has 0 aromatic heterocycles. The summed E-state index contributed by atoms with van der Waals surface area (Å²) in [6.45, 7) is 6.23. The van der Waals surface area contributed by atoms with Crippen molar-refractivity contribution < 1.29 is 4.39 Å². The van der Waals surface area contributed by atoms with Gasteiger partial charge >= 0.3 is 0 Å². The van der Waals surface area contributed by atoms with E-state index in [4.69, 9.17) is 0 Å². The van der Waals surface area contributed by atoms with Gasteiger partial charge in [-0.3, -0.25) is 0 Å². The van der Waals surface area contributed by atoms with Crippen molar-refractivity contribution in [2.45, 2.75) is 33.6 Å². The summed E-state index contributed by atoms with van der Waals surface area (Å²) in [5.41, 5.74) is 3.36. The molecular weight excluding hydrogens is 199 g/mol. The van der Waals surface area contributed by atoms with E-state index in [9.17, 15) is 4.39 Å². The van der Waals surface area contributed by atoms with Gasteiger partial charge in [0.2, 0.25) is 0 Å². The van der Waals surface area contributed by atoms with Crippen molar-refractivity contribution in [1.82, 2.24) is 0 Å². The molecule has 0 aliphatic heterocycles. The Kier molecular flexibility index (Phi) is 2.95.